The molecule has 0 saturated heterocycles. The van der Waals surface area contributed by atoms with E-state index in [0.717, 1.165) is 0 Å². The van der Waals surface area contributed by atoms with Crippen LogP contribution in [0.2, 0.25) is 0 Å². The topological polar surface area (TPSA) is 68.1 Å². The molecule has 5 nitrogen and oxygen atoms in total. The average Bonchev–Trinajstić information content (AvgIpc) is 2.54. The number of hydrogen-bond donors (Lipinski definition) is 1. The molecule has 2 rings (SSSR count). The van der Waals surface area contributed by atoms with E-state index in [2.05, 4.69) is 4.99 Å². The lowest BCUT2D eigenvalue weighted by atomic mass is 10.2. The summed E-state index contributed by atoms with van der Waals surface area (Å²) in [4.78, 5) is 15.1. The Balaban J connectivity index is 2.38. The second kappa shape index (κ2) is 7.40. The highest BCUT2D eigenvalue weighted by atomic mass is 19.1. The Morgan fingerprint density at radius 3 is 2.65 bits per heavy atom. The molecule has 1 N–H and O–H groups in total. The zero-order chi connectivity index (χ0) is 16.8. The minimum Gasteiger partial charge on any atom is -0.493 e. The summed E-state index contributed by atoms with van der Waals surface area (Å²) in [5.41, 5.74) is 0.660. The Labute approximate surface area is 133 Å². The number of methoxy groups -OCH3 is 1. The molecule has 1 atom stereocenters. The third-order valence-electron chi connectivity index (χ3n) is 3.07. The van der Waals surface area contributed by atoms with Crippen LogP contribution in [0.25, 0.3) is 0 Å². The van der Waals surface area contributed by atoms with Gasteiger partial charge >= 0.3 is 5.97 Å². The fraction of sp³-hybridized carbons (Fsp3) is 0.176. The summed E-state index contributed by atoms with van der Waals surface area (Å²) < 4.78 is 24.2. The van der Waals surface area contributed by atoms with Gasteiger partial charge in [-0.1, -0.05) is 18.2 Å². The van der Waals surface area contributed by atoms with Gasteiger partial charge < -0.3 is 14.6 Å². The fourth-order valence-electron chi connectivity index (χ4n) is 1.84. The molecule has 0 aliphatic rings. The first-order valence-corrected chi connectivity index (χ1v) is 6.88. The van der Waals surface area contributed by atoms with Crippen LogP contribution in [0.5, 0.6) is 11.5 Å². The normalized spacial score (nSPS) is 12.1. The maximum Gasteiger partial charge on any atom is 0.344 e. The molecule has 0 heterocycles. The number of benzene rings is 2. The van der Waals surface area contributed by atoms with Crippen molar-refractivity contribution in [3.8, 4) is 11.5 Å². The van der Waals surface area contributed by atoms with Gasteiger partial charge in [-0.3, -0.25) is 4.99 Å². The van der Waals surface area contributed by atoms with E-state index in [-0.39, 0.29) is 11.4 Å². The first-order chi connectivity index (χ1) is 11.0. The molecule has 2 aromatic rings. The van der Waals surface area contributed by atoms with Crippen LogP contribution in [0.4, 0.5) is 10.1 Å². The minimum absolute atomic E-state index is 0.174. The number of rotatable bonds is 6. The van der Waals surface area contributed by atoms with Gasteiger partial charge in [0.25, 0.3) is 0 Å². The fourth-order valence-corrected chi connectivity index (χ4v) is 1.84. The van der Waals surface area contributed by atoms with Crippen molar-refractivity contribution in [2.45, 2.75) is 13.0 Å². The second-order valence-electron chi connectivity index (χ2n) is 4.69. The quantitative estimate of drug-likeness (QED) is 0.829. The average molecular weight is 317 g/mol. The predicted octanol–water partition coefficient (Wildman–Crippen LogP) is 3.44. The van der Waals surface area contributed by atoms with Crippen LogP contribution in [0, 0.1) is 5.82 Å². The zero-order valence-corrected chi connectivity index (χ0v) is 12.7. The van der Waals surface area contributed by atoms with Crippen LogP contribution in [-0.2, 0) is 4.79 Å². The summed E-state index contributed by atoms with van der Waals surface area (Å²) in [6.45, 7) is 1.41. The molecule has 120 valence electrons. The second-order valence-corrected chi connectivity index (χ2v) is 4.69. The van der Waals surface area contributed by atoms with Crippen molar-refractivity contribution >= 4 is 17.9 Å². The van der Waals surface area contributed by atoms with Gasteiger partial charge in [0.05, 0.1) is 12.8 Å². The van der Waals surface area contributed by atoms with E-state index in [0.29, 0.717) is 11.3 Å². The minimum atomic E-state index is -1.10. The maximum absolute atomic E-state index is 13.6. The van der Waals surface area contributed by atoms with Gasteiger partial charge in [0, 0.05) is 11.8 Å². The molecule has 0 aliphatic carbocycles. The van der Waals surface area contributed by atoms with Crippen molar-refractivity contribution in [2.24, 2.45) is 4.99 Å². The zero-order valence-electron chi connectivity index (χ0n) is 12.7. The molecule has 0 fully saturated rings. The summed E-state index contributed by atoms with van der Waals surface area (Å²) in [5, 5.41) is 8.99. The van der Waals surface area contributed by atoms with Crippen LogP contribution in [-0.4, -0.2) is 30.5 Å². The molecule has 0 saturated carbocycles. The Morgan fingerprint density at radius 2 is 2.00 bits per heavy atom. The Morgan fingerprint density at radius 1 is 1.26 bits per heavy atom. The number of carboxylic acids is 1. The number of carbonyl (C=O) groups is 1. The van der Waals surface area contributed by atoms with Gasteiger partial charge in [0.15, 0.2) is 17.6 Å². The number of hydrogen-bond acceptors (Lipinski definition) is 4. The van der Waals surface area contributed by atoms with Gasteiger partial charge in [-0.05, 0) is 31.2 Å². The number of ether oxygens (including phenoxy) is 2. The molecule has 0 spiro atoms. The van der Waals surface area contributed by atoms with E-state index < -0.39 is 17.9 Å². The molecule has 23 heavy (non-hydrogen) atoms. The lowest BCUT2D eigenvalue weighted by Gasteiger charge is -2.15. The molecule has 0 radical (unpaired) electrons. The largest absolute Gasteiger partial charge is 0.493 e. The molecule has 0 bridgehead atoms. The molecule has 6 heteroatoms. The van der Waals surface area contributed by atoms with Gasteiger partial charge in [-0.2, -0.15) is 0 Å². The molecule has 0 aliphatic heterocycles. The number of nitrogens with zero attached hydrogens (tertiary/aromatic N) is 1. The third kappa shape index (κ3) is 4.06. The summed E-state index contributed by atoms with van der Waals surface area (Å²) in [6.07, 6.45) is 0.345. The SMILES string of the molecule is COc1cccc(C=Nc2ccccc2F)c1O[C@@H](C)C(=O)O. The monoisotopic (exact) mass is 317 g/mol. The van der Waals surface area contributed by atoms with Crippen LogP contribution in [0.1, 0.15) is 12.5 Å². The summed E-state index contributed by atoms with van der Waals surface area (Å²) >= 11 is 0. The van der Waals surface area contributed by atoms with Crippen molar-refractivity contribution in [2.75, 3.05) is 7.11 Å². The van der Waals surface area contributed by atoms with Crippen molar-refractivity contribution in [1.29, 1.82) is 0 Å². The lowest BCUT2D eigenvalue weighted by molar-refractivity contribution is -0.144. The summed E-state index contributed by atoms with van der Waals surface area (Å²) in [6, 6.07) is 11.1. The number of aliphatic carboxylic acids is 1. The molecular weight excluding hydrogens is 301 g/mol. The smallest absolute Gasteiger partial charge is 0.344 e. The first kappa shape index (κ1) is 16.5. The van der Waals surface area contributed by atoms with Gasteiger partial charge in [-0.25, -0.2) is 9.18 Å². The summed E-state index contributed by atoms with van der Waals surface area (Å²) in [5.74, 6) is -0.943. The maximum atomic E-state index is 13.6. The van der Waals surface area contributed by atoms with Gasteiger partial charge in [0.2, 0.25) is 0 Å². The van der Waals surface area contributed by atoms with Crippen molar-refractivity contribution in [1.82, 2.24) is 0 Å². The number of halogens is 1. The standard InChI is InChI=1S/C17H16FNO4/c1-11(17(20)21)23-16-12(6-5-9-15(16)22-2)10-19-14-8-4-3-7-13(14)18/h3-11H,1-2H3,(H,20,21)/t11-/m0/s1. The number of aliphatic imine (C=N–C) groups is 1. The van der Waals surface area contributed by atoms with Gasteiger partial charge in [0.1, 0.15) is 5.82 Å². The Hall–Kier alpha value is -2.89. The molecular formula is C17H16FNO4. The Bertz CT molecular complexity index is 730. The van der Waals surface area contributed by atoms with E-state index >= 15 is 0 Å². The van der Waals surface area contributed by atoms with Crippen molar-refractivity contribution in [3.05, 3.63) is 53.8 Å². The van der Waals surface area contributed by atoms with Crippen LogP contribution in [0.15, 0.2) is 47.5 Å². The van der Waals surface area contributed by atoms with E-state index in [1.807, 2.05) is 0 Å². The number of para-hydroxylation sites is 2. The van der Waals surface area contributed by atoms with Crippen LogP contribution < -0.4 is 9.47 Å². The van der Waals surface area contributed by atoms with E-state index in [9.17, 15) is 9.18 Å². The highest BCUT2D eigenvalue weighted by molar-refractivity contribution is 5.87. The van der Waals surface area contributed by atoms with E-state index in [1.165, 1.54) is 32.4 Å². The van der Waals surface area contributed by atoms with Crippen molar-refractivity contribution < 1.29 is 23.8 Å². The van der Waals surface area contributed by atoms with Gasteiger partial charge in [-0.15, -0.1) is 0 Å². The van der Waals surface area contributed by atoms with Crippen LogP contribution >= 0.6 is 0 Å². The van der Waals surface area contributed by atoms with E-state index in [4.69, 9.17) is 14.6 Å². The highest BCUT2D eigenvalue weighted by Crippen LogP contribution is 2.31. The summed E-state index contributed by atoms with van der Waals surface area (Å²) in [7, 11) is 1.45. The molecule has 0 unspecified atom stereocenters. The third-order valence-corrected chi connectivity index (χ3v) is 3.07. The first-order valence-electron chi connectivity index (χ1n) is 6.88. The highest BCUT2D eigenvalue weighted by Gasteiger charge is 2.17. The molecule has 0 aromatic heterocycles. The van der Waals surface area contributed by atoms with E-state index in [1.54, 1.807) is 30.3 Å². The van der Waals surface area contributed by atoms with Crippen LogP contribution in [0.3, 0.4) is 0 Å². The Kier molecular flexibility index (Phi) is 5.30. The predicted molar refractivity (Wildman–Crippen MR) is 84.4 cm³/mol. The lowest BCUT2D eigenvalue weighted by Crippen LogP contribution is -2.23. The molecule has 2 aromatic carbocycles. The molecule has 0 amide bonds. The number of carboxylic acid groups (broad SMARTS) is 1. The van der Waals surface area contributed by atoms with Crippen molar-refractivity contribution in [3.63, 3.8) is 0 Å².